The Hall–Kier alpha value is -1.40. The van der Waals surface area contributed by atoms with Crippen LogP contribution in [0.5, 0.6) is 0 Å². The lowest BCUT2D eigenvalue weighted by molar-refractivity contribution is -0.121. The number of carbonyl (C=O) groups excluding carboxylic acids is 1. The number of likely N-dealkylation sites (tertiary alicyclic amines) is 2. The molecule has 2 aliphatic heterocycles. The number of amides is 1. The van der Waals surface area contributed by atoms with Crippen LogP contribution in [0.4, 0.5) is 5.82 Å². The van der Waals surface area contributed by atoms with Crippen molar-refractivity contribution in [1.29, 1.82) is 0 Å². The zero-order valence-electron chi connectivity index (χ0n) is 15.9. The fraction of sp³-hybridized carbons (Fsp3) is 0.789. The molecule has 6 heteroatoms. The van der Waals surface area contributed by atoms with Crippen molar-refractivity contribution in [3.63, 3.8) is 0 Å². The number of rotatable bonds is 6. The van der Waals surface area contributed by atoms with Crippen LogP contribution in [-0.2, 0) is 4.79 Å². The summed E-state index contributed by atoms with van der Waals surface area (Å²) in [6.45, 7) is 10.8. The highest BCUT2D eigenvalue weighted by Crippen LogP contribution is 2.23. The highest BCUT2D eigenvalue weighted by atomic mass is 16.2. The molecule has 0 aliphatic carbocycles. The van der Waals surface area contributed by atoms with Gasteiger partial charge in [-0.3, -0.25) is 9.69 Å². The van der Waals surface area contributed by atoms with Crippen molar-refractivity contribution in [1.82, 2.24) is 19.6 Å². The highest BCUT2D eigenvalue weighted by Gasteiger charge is 2.30. The van der Waals surface area contributed by atoms with Gasteiger partial charge in [0.1, 0.15) is 5.82 Å². The zero-order valence-corrected chi connectivity index (χ0v) is 15.9. The van der Waals surface area contributed by atoms with Crippen molar-refractivity contribution < 1.29 is 4.79 Å². The Morgan fingerprint density at radius 3 is 2.56 bits per heavy atom. The van der Waals surface area contributed by atoms with Gasteiger partial charge in [0.15, 0.2) is 0 Å². The van der Waals surface area contributed by atoms with Gasteiger partial charge in [0.2, 0.25) is 5.91 Å². The molecule has 0 spiro atoms. The van der Waals surface area contributed by atoms with Crippen LogP contribution in [0.15, 0.2) is 12.3 Å². The second kappa shape index (κ2) is 8.32. The number of carbonyl (C=O) groups is 1. The third-order valence-electron chi connectivity index (χ3n) is 6.01. The summed E-state index contributed by atoms with van der Waals surface area (Å²) in [5.74, 6) is 0.878. The molecule has 0 aromatic carbocycles. The van der Waals surface area contributed by atoms with Crippen molar-refractivity contribution >= 4 is 11.7 Å². The van der Waals surface area contributed by atoms with Crippen molar-refractivity contribution in [3.8, 4) is 0 Å². The Balaban J connectivity index is 1.52. The summed E-state index contributed by atoms with van der Waals surface area (Å²) in [6, 6.07) is 2.80. The lowest BCUT2D eigenvalue weighted by Gasteiger charge is -2.38. The third-order valence-corrected chi connectivity index (χ3v) is 6.01. The molecule has 25 heavy (non-hydrogen) atoms. The number of hydrogen-bond donors (Lipinski definition) is 1. The van der Waals surface area contributed by atoms with Crippen LogP contribution in [0.1, 0.15) is 58.9 Å². The molecule has 0 saturated carbocycles. The fourth-order valence-electron chi connectivity index (χ4n) is 4.08. The molecule has 0 radical (unpaired) electrons. The van der Waals surface area contributed by atoms with Gasteiger partial charge in [-0.2, -0.15) is 5.10 Å². The molecule has 1 N–H and O–H groups in total. The maximum Gasteiger partial charge on any atom is 0.242 e. The summed E-state index contributed by atoms with van der Waals surface area (Å²) in [7, 11) is 0. The van der Waals surface area contributed by atoms with Gasteiger partial charge in [0.05, 0.1) is 18.3 Å². The summed E-state index contributed by atoms with van der Waals surface area (Å²) in [6.07, 6.45) is 7.81. The first-order valence-electron chi connectivity index (χ1n) is 9.92. The maximum atomic E-state index is 12.7. The molecule has 3 heterocycles. The molecular weight excluding hydrogens is 314 g/mol. The van der Waals surface area contributed by atoms with E-state index in [-0.39, 0.29) is 18.0 Å². The highest BCUT2D eigenvalue weighted by molar-refractivity contribution is 5.93. The molecule has 6 nitrogen and oxygen atoms in total. The van der Waals surface area contributed by atoms with Crippen LogP contribution in [0.25, 0.3) is 0 Å². The van der Waals surface area contributed by atoms with Crippen LogP contribution < -0.4 is 5.32 Å². The number of aromatic nitrogens is 2. The minimum atomic E-state index is -0.0974. The van der Waals surface area contributed by atoms with E-state index in [4.69, 9.17) is 0 Å². The molecule has 1 amide bonds. The number of nitrogens with zero attached hydrogens (tertiary/aromatic N) is 4. The number of nitrogens with one attached hydrogen (secondary N) is 1. The van der Waals surface area contributed by atoms with Crippen LogP contribution in [0.2, 0.25) is 0 Å². The van der Waals surface area contributed by atoms with E-state index in [1.165, 1.54) is 38.8 Å². The van der Waals surface area contributed by atoms with Gasteiger partial charge in [0.25, 0.3) is 0 Å². The van der Waals surface area contributed by atoms with Gasteiger partial charge in [-0.1, -0.05) is 6.92 Å². The summed E-state index contributed by atoms with van der Waals surface area (Å²) in [4.78, 5) is 17.7. The van der Waals surface area contributed by atoms with E-state index in [0.29, 0.717) is 0 Å². The quantitative estimate of drug-likeness (QED) is 0.860. The van der Waals surface area contributed by atoms with Crippen LogP contribution in [0.3, 0.4) is 0 Å². The normalized spacial score (nSPS) is 22.8. The topological polar surface area (TPSA) is 53.4 Å². The summed E-state index contributed by atoms with van der Waals surface area (Å²) >= 11 is 0. The van der Waals surface area contributed by atoms with E-state index < -0.39 is 0 Å². The van der Waals surface area contributed by atoms with Gasteiger partial charge in [-0.05, 0) is 59.0 Å². The van der Waals surface area contributed by atoms with Crippen molar-refractivity contribution in [2.45, 2.75) is 71.0 Å². The molecular formula is C19H33N5O. The SMILES string of the molecule is CCC(C)n1nccc1NC(=O)C(C)N1CCC(N2CCCC2)CC1. The largest absolute Gasteiger partial charge is 0.310 e. The minimum Gasteiger partial charge on any atom is -0.310 e. The average Bonchev–Trinajstić information content (AvgIpc) is 3.32. The van der Waals surface area contributed by atoms with E-state index in [1.54, 1.807) is 6.20 Å². The van der Waals surface area contributed by atoms with Gasteiger partial charge in [-0.25, -0.2) is 4.68 Å². The van der Waals surface area contributed by atoms with Crippen molar-refractivity contribution in [3.05, 3.63) is 12.3 Å². The van der Waals surface area contributed by atoms with Gasteiger partial charge < -0.3 is 10.2 Å². The first-order chi connectivity index (χ1) is 12.1. The van der Waals surface area contributed by atoms with E-state index >= 15 is 0 Å². The summed E-state index contributed by atoms with van der Waals surface area (Å²) in [5, 5.41) is 7.43. The number of anilines is 1. The van der Waals surface area contributed by atoms with Crippen LogP contribution in [0, 0.1) is 0 Å². The Morgan fingerprint density at radius 1 is 1.24 bits per heavy atom. The van der Waals surface area contributed by atoms with E-state index in [1.807, 2.05) is 17.7 Å². The summed E-state index contributed by atoms with van der Waals surface area (Å²) in [5.41, 5.74) is 0. The van der Waals surface area contributed by atoms with Gasteiger partial charge >= 0.3 is 0 Å². The Kier molecular flexibility index (Phi) is 6.12. The zero-order chi connectivity index (χ0) is 17.8. The predicted molar refractivity (Wildman–Crippen MR) is 101 cm³/mol. The van der Waals surface area contributed by atoms with Gasteiger partial charge in [0, 0.05) is 25.2 Å². The molecule has 2 atom stereocenters. The molecule has 3 rings (SSSR count). The van der Waals surface area contributed by atoms with Gasteiger partial charge in [-0.15, -0.1) is 0 Å². The predicted octanol–water partition coefficient (Wildman–Crippen LogP) is 2.74. The molecule has 2 saturated heterocycles. The van der Waals surface area contributed by atoms with E-state index in [9.17, 15) is 4.79 Å². The third kappa shape index (κ3) is 4.23. The van der Waals surface area contributed by atoms with Crippen molar-refractivity contribution in [2.24, 2.45) is 0 Å². The molecule has 140 valence electrons. The monoisotopic (exact) mass is 347 g/mol. The first-order valence-corrected chi connectivity index (χ1v) is 9.92. The van der Waals surface area contributed by atoms with Crippen LogP contribution in [-0.4, -0.2) is 63.8 Å². The molecule has 0 bridgehead atoms. The van der Waals surface area contributed by atoms with Crippen molar-refractivity contribution in [2.75, 3.05) is 31.5 Å². The van der Waals surface area contributed by atoms with E-state index in [0.717, 1.165) is 31.4 Å². The molecule has 1 aromatic rings. The number of hydrogen-bond acceptors (Lipinski definition) is 4. The first kappa shape index (κ1) is 18.4. The molecule has 1 aromatic heterocycles. The summed E-state index contributed by atoms with van der Waals surface area (Å²) < 4.78 is 1.91. The van der Waals surface area contributed by atoms with E-state index in [2.05, 4.69) is 34.1 Å². The second-order valence-corrected chi connectivity index (χ2v) is 7.59. The lowest BCUT2D eigenvalue weighted by Crippen LogP contribution is -2.50. The molecule has 2 fully saturated rings. The van der Waals surface area contributed by atoms with Crippen LogP contribution >= 0.6 is 0 Å². The molecule has 2 aliphatic rings. The average molecular weight is 348 g/mol. The molecule has 2 unspecified atom stereocenters. The smallest absolute Gasteiger partial charge is 0.242 e. The lowest BCUT2D eigenvalue weighted by atomic mass is 10.0. The fourth-order valence-corrected chi connectivity index (χ4v) is 4.08. The Bertz CT molecular complexity index is 558. The minimum absolute atomic E-state index is 0.0738. The second-order valence-electron chi connectivity index (χ2n) is 7.59. The Morgan fingerprint density at radius 2 is 1.92 bits per heavy atom. The number of piperidine rings is 1. The Labute approximate surface area is 151 Å². The standard InChI is InChI=1S/C19H33N5O/c1-4-15(2)24-18(7-10-20-24)21-19(25)16(3)22-13-8-17(9-14-22)23-11-5-6-12-23/h7,10,15-17H,4-6,8-9,11-14H2,1-3H3,(H,21,25). The maximum absolute atomic E-state index is 12.7.